The minimum Gasteiger partial charge on any atom is -0.481 e. The topological polar surface area (TPSA) is 222 Å². The van der Waals surface area contributed by atoms with Crippen molar-refractivity contribution in [3.8, 4) is 0 Å². The number of aliphatic carboxylic acids is 2. The fourth-order valence-electron chi connectivity index (χ4n) is 2.98. The molecule has 3 rings (SSSR count). The maximum absolute atomic E-state index is 12.4. The summed E-state index contributed by atoms with van der Waals surface area (Å²) in [7, 11) is 0. The Balaban J connectivity index is 1.73. The molecule has 0 unspecified atom stereocenters. The molecule has 2 heterocycles. The van der Waals surface area contributed by atoms with Gasteiger partial charge in [0.25, 0.3) is 11.5 Å². The van der Waals surface area contributed by atoms with Crippen LogP contribution in [0.15, 0.2) is 35.3 Å². The third kappa shape index (κ3) is 5.67. The third-order valence-electron chi connectivity index (χ3n) is 4.66. The largest absolute Gasteiger partial charge is 0.481 e. The number of amides is 2. The molecule has 0 saturated carbocycles. The molecule has 0 fully saturated rings. The van der Waals surface area contributed by atoms with Crippen LogP contribution in [0, 0.1) is 0 Å². The van der Waals surface area contributed by atoms with Gasteiger partial charge in [-0.3, -0.25) is 24.2 Å². The lowest BCUT2D eigenvalue weighted by Gasteiger charge is -2.18. The number of aromatic amines is 1. The van der Waals surface area contributed by atoms with E-state index in [1.807, 2.05) is 0 Å². The molecule has 0 radical (unpaired) electrons. The SMILES string of the molecule is Nc1nc2ncc(CN(C=O)c3ccc(C(=O)N[C@@H](CCC(=O)O)C(=O)O)cc3)nc2c(=O)[nH]1. The predicted octanol–water partition coefficient (Wildman–Crippen LogP) is -0.494. The van der Waals surface area contributed by atoms with Gasteiger partial charge in [0.15, 0.2) is 11.2 Å². The number of rotatable bonds is 10. The number of benzene rings is 1. The lowest BCUT2D eigenvalue weighted by molar-refractivity contribution is -0.140. The zero-order valence-corrected chi connectivity index (χ0v) is 17.5. The number of hydrogen-bond acceptors (Lipinski definition) is 9. The van der Waals surface area contributed by atoms with Gasteiger partial charge in [-0.15, -0.1) is 0 Å². The van der Waals surface area contributed by atoms with E-state index in [0.29, 0.717) is 17.8 Å². The van der Waals surface area contributed by atoms with E-state index in [2.05, 4.69) is 25.3 Å². The number of fused-ring (bicyclic) bond motifs is 1. The van der Waals surface area contributed by atoms with Crippen LogP contribution in [0.3, 0.4) is 0 Å². The van der Waals surface area contributed by atoms with Crippen LogP contribution in [-0.2, 0) is 20.9 Å². The molecule has 0 saturated heterocycles. The van der Waals surface area contributed by atoms with Crippen LogP contribution in [0.4, 0.5) is 11.6 Å². The van der Waals surface area contributed by atoms with Gasteiger partial charge in [-0.1, -0.05) is 0 Å². The van der Waals surface area contributed by atoms with Crippen LogP contribution >= 0.6 is 0 Å². The molecule has 1 atom stereocenters. The molecule has 0 aliphatic heterocycles. The predicted molar refractivity (Wildman–Crippen MR) is 117 cm³/mol. The zero-order chi connectivity index (χ0) is 24.8. The van der Waals surface area contributed by atoms with Gasteiger partial charge in [0.1, 0.15) is 6.04 Å². The minimum atomic E-state index is -1.37. The molecule has 0 spiro atoms. The van der Waals surface area contributed by atoms with E-state index in [9.17, 15) is 29.1 Å². The maximum atomic E-state index is 12.4. The summed E-state index contributed by atoms with van der Waals surface area (Å²) < 4.78 is 0. The summed E-state index contributed by atoms with van der Waals surface area (Å²) >= 11 is 0. The molecule has 14 nitrogen and oxygen atoms in total. The summed E-state index contributed by atoms with van der Waals surface area (Å²) in [5.74, 6) is -3.35. The Morgan fingerprint density at radius 2 is 1.88 bits per heavy atom. The van der Waals surface area contributed by atoms with Crippen molar-refractivity contribution < 1.29 is 29.4 Å². The molecular weight excluding hydrogens is 450 g/mol. The number of carboxylic acid groups (broad SMARTS) is 2. The fraction of sp³-hybridized carbons (Fsp3) is 0.200. The zero-order valence-electron chi connectivity index (χ0n) is 17.5. The number of nitrogen functional groups attached to an aromatic ring is 1. The Kier molecular flexibility index (Phi) is 7.10. The van der Waals surface area contributed by atoms with Crippen molar-refractivity contribution in [1.29, 1.82) is 0 Å². The molecule has 176 valence electrons. The Morgan fingerprint density at radius 1 is 1.18 bits per heavy atom. The van der Waals surface area contributed by atoms with Gasteiger partial charge >= 0.3 is 11.9 Å². The van der Waals surface area contributed by atoms with E-state index in [-0.39, 0.29) is 35.6 Å². The number of hydrogen-bond donors (Lipinski definition) is 5. The monoisotopic (exact) mass is 469 g/mol. The molecule has 0 bridgehead atoms. The average molecular weight is 469 g/mol. The Morgan fingerprint density at radius 3 is 2.50 bits per heavy atom. The van der Waals surface area contributed by atoms with E-state index in [1.54, 1.807) is 0 Å². The van der Waals surface area contributed by atoms with Crippen LogP contribution in [0.5, 0.6) is 0 Å². The quantitative estimate of drug-likeness (QED) is 0.238. The van der Waals surface area contributed by atoms with Crippen molar-refractivity contribution in [3.63, 3.8) is 0 Å². The standard InChI is InChI=1S/C20H19N7O7/c21-20-25-16-15(18(32)26-20)23-11(7-22-16)8-27(9-28)12-3-1-10(2-4-12)17(31)24-13(19(33)34)5-6-14(29)30/h1-4,7,9,13H,5-6,8H2,(H,24,31)(H,29,30)(H,33,34)(H3,21,22,25,26,32)/t13-/m0/s1. The highest BCUT2D eigenvalue weighted by atomic mass is 16.4. The van der Waals surface area contributed by atoms with Crippen LogP contribution in [0.25, 0.3) is 11.2 Å². The molecule has 0 aliphatic carbocycles. The summed E-state index contributed by atoms with van der Waals surface area (Å²) in [6, 6.07) is 4.30. The number of H-pyrrole nitrogens is 1. The molecule has 0 aliphatic rings. The molecule has 34 heavy (non-hydrogen) atoms. The van der Waals surface area contributed by atoms with E-state index >= 15 is 0 Å². The second-order valence-corrected chi connectivity index (χ2v) is 7.06. The highest BCUT2D eigenvalue weighted by Gasteiger charge is 2.22. The molecule has 14 heteroatoms. The van der Waals surface area contributed by atoms with Gasteiger partial charge in [-0.05, 0) is 30.7 Å². The smallest absolute Gasteiger partial charge is 0.326 e. The first-order chi connectivity index (χ1) is 16.2. The minimum absolute atomic E-state index is 0.0412. The molecule has 2 aromatic heterocycles. The van der Waals surface area contributed by atoms with Crippen LogP contribution in [-0.4, -0.2) is 60.4 Å². The number of nitrogens with two attached hydrogens (primary N) is 1. The number of aromatic nitrogens is 4. The van der Waals surface area contributed by atoms with Gasteiger partial charge in [-0.25, -0.2) is 14.8 Å². The van der Waals surface area contributed by atoms with Crippen molar-refractivity contribution in [2.45, 2.75) is 25.4 Å². The Bertz CT molecular complexity index is 1310. The molecule has 3 aromatic rings. The number of nitrogens with zero attached hydrogens (tertiary/aromatic N) is 4. The van der Waals surface area contributed by atoms with Crippen molar-refractivity contribution in [3.05, 3.63) is 52.1 Å². The van der Waals surface area contributed by atoms with Gasteiger partial charge in [0.05, 0.1) is 18.4 Å². The van der Waals surface area contributed by atoms with Crippen molar-refractivity contribution in [2.24, 2.45) is 0 Å². The second kappa shape index (κ2) is 10.2. The fourth-order valence-corrected chi connectivity index (χ4v) is 2.98. The maximum Gasteiger partial charge on any atom is 0.326 e. The van der Waals surface area contributed by atoms with Crippen molar-refractivity contribution in [2.75, 3.05) is 10.6 Å². The molecule has 2 amide bonds. The van der Waals surface area contributed by atoms with E-state index < -0.39 is 35.9 Å². The van der Waals surface area contributed by atoms with Crippen molar-refractivity contribution in [1.82, 2.24) is 25.3 Å². The second-order valence-electron chi connectivity index (χ2n) is 7.06. The lowest BCUT2D eigenvalue weighted by atomic mass is 10.1. The van der Waals surface area contributed by atoms with E-state index in [4.69, 9.17) is 10.8 Å². The highest BCUT2D eigenvalue weighted by Crippen LogP contribution is 2.17. The summed E-state index contributed by atoms with van der Waals surface area (Å²) in [5, 5.41) is 20.1. The van der Waals surface area contributed by atoms with Crippen LogP contribution in [0.1, 0.15) is 28.9 Å². The van der Waals surface area contributed by atoms with Gasteiger partial charge in [0.2, 0.25) is 12.4 Å². The number of carbonyl (C=O) groups excluding carboxylic acids is 2. The molecule has 6 N–H and O–H groups in total. The van der Waals surface area contributed by atoms with E-state index in [1.165, 1.54) is 35.4 Å². The van der Waals surface area contributed by atoms with E-state index in [0.717, 1.165) is 0 Å². The number of anilines is 2. The lowest BCUT2D eigenvalue weighted by Crippen LogP contribution is -2.41. The van der Waals surface area contributed by atoms with Gasteiger partial charge < -0.3 is 26.2 Å². The van der Waals surface area contributed by atoms with Crippen LogP contribution < -0.4 is 21.5 Å². The van der Waals surface area contributed by atoms with Crippen LogP contribution in [0.2, 0.25) is 0 Å². The average Bonchev–Trinajstić information content (AvgIpc) is 2.80. The Hall–Kier alpha value is -4.88. The summed E-state index contributed by atoms with van der Waals surface area (Å²) in [5.41, 5.74) is 5.70. The first-order valence-electron chi connectivity index (χ1n) is 9.77. The summed E-state index contributed by atoms with van der Waals surface area (Å²) in [6.45, 7) is -0.0436. The third-order valence-corrected chi connectivity index (χ3v) is 4.66. The Labute approximate surface area is 190 Å². The number of carbonyl (C=O) groups is 4. The normalized spacial score (nSPS) is 11.5. The van der Waals surface area contributed by atoms with Gasteiger partial charge in [0, 0.05) is 17.7 Å². The summed E-state index contributed by atoms with van der Waals surface area (Å²) in [4.78, 5) is 73.6. The molecular formula is C20H19N7O7. The first kappa shape index (κ1) is 23.8. The number of carboxylic acids is 2. The first-order valence-corrected chi connectivity index (χ1v) is 9.77. The molecule has 1 aromatic carbocycles. The summed E-state index contributed by atoms with van der Waals surface area (Å²) in [6.07, 6.45) is 1.18. The number of nitrogens with one attached hydrogen (secondary N) is 2. The van der Waals surface area contributed by atoms with Gasteiger partial charge in [-0.2, -0.15) is 4.98 Å². The highest BCUT2D eigenvalue weighted by molar-refractivity contribution is 5.97. The van der Waals surface area contributed by atoms with Crippen molar-refractivity contribution >= 4 is 47.1 Å².